The van der Waals surface area contributed by atoms with Crippen LogP contribution in [0.1, 0.15) is 16.7 Å². The molecule has 0 saturated heterocycles. The Hall–Kier alpha value is -3.53. The van der Waals surface area contributed by atoms with Gasteiger partial charge in [-0.2, -0.15) is 0 Å². The van der Waals surface area contributed by atoms with E-state index in [1.54, 1.807) is 24.3 Å². The van der Waals surface area contributed by atoms with Gasteiger partial charge in [0.1, 0.15) is 5.75 Å². The van der Waals surface area contributed by atoms with E-state index < -0.39 is 10.0 Å². The van der Waals surface area contributed by atoms with Crippen LogP contribution in [0.4, 0.5) is 17.1 Å². The molecule has 2 N–H and O–H groups in total. The summed E-state index contributed by atoms with van der Waals surface area (Å²) in [7, 11) is 0.349. The second kappa shape index (κ2) is 10.3. The summed E-state index contributed by atoms with van der Waals surface area (Å²) < 4.78 is 32.0. The summed E-state index contributed by atoms with van der Waals surface area (Å²) in [6, 6.07) is 18.4. The highest BCUT2D eigenvalue weighted by atomic mass is 35.5. The number of nitrogens with zero attached hydrogens (tertiary/aromatic N) is 2. The number of carbonyl (C=O) groups is 1. The summed E-state index contributed by atoms with van der Waals surface area (Å²) in [6.07, 6.45) is 2.00. The number of hydrogen-bond donors (Lipinski definition) is 2. The molecule has 0 radical (unpaired) electrons. The molecule has 0 aromatic heterocycles. The molecule has 8 nitrogen and oxygen atoms in total. The lowest BCUT2D eigenvalue weighted by Crippen LogP contribution is -2.35. The number of anilines is 3. The van der Waals surface area contributed by atoms with Gasteiger partial charge in [0.2, 0.25) is 10.0 Å². The molecule has 3 aromatic carbocycles. The number of benzene rings is 3. The second-order valence-electron chi connectivity index (χ2n) is 9.63. The Bertz CT molecular complexity index is 1530. The average Bonchev–Trinajstić information content (AvgIpc) is 3.45. The maximum atomic E-state index is 13.2. The summed E-state index contributed by atoms with van der Waals surface area (Å²) in [5, 5.41) is 6.89. The normalized spacial score (nSPS) is 15.6. The van der Waals surface area contributed by atoms with Crippen LogP contribution in [0, 0.1) is 0 Å². The lowest BCUT2D eigenvalue weighted by molar-refractivity contribution is -0.110. The molecule has 0 fully saturated rings. The largest absolute Gasteiger partial charge is 0.493 e. The number of amides is 1. The van der Waals surface area contributed by atoms with Gasteiger partial charge in [-0.05, 0) is 79.8 Å². The van der Waals surface area contributed by atoms with Crippen LogP contribution in [-0.4, -0.2) is 59.3 Å². The first-order chi connectivity index (χ1) is 18.1. The number of ether oxygens (including phenoxy) is 1. The number of sulfonamides is 1. The first-order valence-corrected chi connectivity index (χ1v) is 14.4. The monoisotopic (exact) mass is 552 g/mol. The van der Waals surface area contributed by atoms with Crippen molar-refractivity contribution in [2.45, 2.75) is 6.42 Å². The summed E-state index contributed by atoms with van der Waals surface area (Å²) in [5.74, 6) is 0.620. The molecule has 38 heavy (non-hydrogen) atoms. The number of carbonyl (C=O) groups excluding carboxylic acids is 1. The fourth-order valence-corrected chi connectivity index (χ4v) is 5.74. The molecule has 2 aliphatic rings. The molecule has 10 heteroatoms. The summed E-state index contributed by atoms with van der Waals surface area (Å²) >= 11 is 6.17. The third-order valence-corrected chi connectivity index (χ3v) is 7.96. The minimum atomic E-state index is -3.45. The fraction of sp³-hybridized carbons (Fsp3) is 0.250. The second-order valence-corrected chi connectivity index (χ2v) is 12.0. The standard InChI is InChI=1S/C28H29ClN4O4S/c1-32(2)13-14-33(38(3,35)36)22-8-6-21(7-9-22)30-27(19-4-11-25-18(16-19)12-15-37-25)26-23-10-5-20(29)17-24(23)31-28(26)34/h4-11,16-17,30H,12-15H2,1-3H3,(H,31,34). The van der Waals surface area contributed by atoms with Gasteiger partial charge in [-0.25, -0.2) is 8.42 Å². The van der Waals surface area contributed by atoms with Gasteiger partial charge in [0.05, 0.1) is 35.5 Å². The van der Waals surface area contributed by atoms with E-state index in [0.29, 0.717) is 53.1 Å². The smallest absolute Gasteiger partial charge is 0.258 e. The van der Waals surface area contributed by atoms with Crippen molar-refractivity contribution in [2.75, 3.05) is 55.0 Å². The van der Waals surface area contributed by atoms with Gasteiger partial charge in [-0.3, -0.25) is 9.10 Å². The lowest BCUT2D eigenvalue weighted by atomic mass is 9.98. The maximum Gasteiger partial charge on any atom is 0.258 e. The minimum Gasteiger partial charge on any atom is -0.493 e. The van der Waals surface area contributed by atoms with Crippen molar-refractivity contribution in [2.24, 2.45) is 0 Å². The Morgan fingerprint density at radius 3 is 2.53 bits per heavy atom. The van der Waals surface area contributed by atoms with E-state index in [1.165, 1.54) is 10.6 Å². The zero-order valence-corrected chi connectivity index (χ0v) is 23.0. The van der Waals surface area contributed by atoms with Gasteiger partial charge < -0.3 is 20.3 Å². The van der Waals surface area contributed by atoms with Crippen molar-refractivity contribution in [1.82, 2.24) is 4.90 Å². The minimum absolute atomic E-state index is 0.231. The molecule has 0 bridgehead atoms. The Balaban J connectivity index is 1.55. The van der Waals surface area contributed by atoms with Crippen LogP contribution < -0.4 is 19.7 Å². The Labute approximate surface area is 227 Å². The van der Waals surface area contributed by atoms with Crippen LogP contribution in [0.2, 0.25) is 5.02 Å². The van der Waals surface area contributed by atoms with Crippen LogP contribution in [0.15, 0.2) is 60.7 Å². The van der Waals surface area contributed by atoms with Gasteiger partial charge in [0, 0.05) is 35.8 Å². The molecule has 3 aromatic rings. The van der Waals surface area contributed by atoms with Crippen molar-refractivity contribution in [3.63, 3.8) is 0 Å². The zero-order chi connectivity index (χ0) is 27.0. The predicted octanol–water partition coefficient (Wildman–Crippen LogP) is 4.54. The van der Waals surface area contributed by atoms with E-state index in [2.05, 4.69) is 10.6 Å². The summed E-state index contributed by atoms with van der Waals surface area (Å²) in [6.45, 7) is 1.56. The molecule has 0 atom stereocenters. The van der Waals surface area contributed by atoms with E-state index in [-0.39, 0.29) is 5.91 Å². The van der Waals surface area contributed by atoms with Crippen molar-refractivity contribution in [3.8, 4) is 5.75 Å². The predicted molar refractivity (Wildman–Crippen MR) is 153 cm³/mol. The number of halogens is 1. The quantitative estimate of drug-likeness (QED) is 0.399. The highest BCUT2D eigenvalue weighted by molar-refractivity contribution is 7.92. The van der Waals surface area contributed by atoms with Crippen molar-refractivity contribution < 1.29 is 17.9 Å². The van der Waals surface area contributed by atoms with E-state index in [4.69, 9.17) is 16.3 Å². The third kappa shape index (κ3) is 5.36. The molecular formula is C28H29ClN4O4S. The van der Waals surface area contributed by atoms with Crippen molar-refractivity contribution >= 4 is 55.9 Å². The number of rotatable bonds is 8. The highest BCUT2D eigenvalue weighted by Gasteiger charge is 2.29. The van der Waals surface area contributed by atoms with E-state index in [1.807, 2.05) is 55.4 Å². The average molecular weight is 553 g/mol. The van der Waals surface area contributed by atoms with Gasteiger partial charge in [0.15, 0.2) is 0 Å². The van der Waals surface area contributed by atoms with Crippen molar-refractivity contribution in [3.05, 3.63) is 82.4 Å². The van der Waals surface area contributed by atoms with Crippen molar-refractivity contribution in [1.29, 1.82) is 0 Å². The van der Waals surface area contributed by atoms with E-state index in [9.17, 15) is 13.2 Å². The summed E-state index contributed by atoms with van der Waals surface area (Å²) in [5.41, 5.74) is 5.75. The SMILES string of the molecule is CN(C)CCN(c1ccc(NC(=C2C(=O)Nc3cc(Cl)ccc32)c2ccc3c(c2)CCO3)cc1)S(C)(=O)=O. The molecule has 2 heterocycles. The molecule has 0 unspecified atom stereocenters. The molecule has 198 valence electrons. The highest BCUT2D eigenvalue weighted by Crippen LogP contribution is 2.40. The first kappa shape index (κ1) is 26.1. The zero-order valence-electron chi connectivity index (χ0n) is 21.4. The van der Waals surface area contributed by atoms with Crippen LogP contribution in [-0.2, 0) is 21.2 Å². The molecule has 2 aliphatic heterocycles. The fourth-order valence-electron chi connectivity index (χ4n) is 4.65. The number of hydrogen-bond acceptors (Lipinski definition) is 6. The van der Waals surface area contributed by atoms with Crippen LogP contribution in [0.3, 0.4) is 0 Å². The molecule has 1 amide bonds. The molecule has 5 rings (SSSR count). The Kier molecular flexibility index (Phi) is 7.09. The summed E-state index contributed by atoms with van der Waals surface area (Å²) in [4.78, 5) is 15.1. The van der Waals surface area contributed by atoms with Crippen LogP contribution in [0.25, 0.3) is 11.3 Å². The molecule has 0 aliphatic carbocycles. The molecular weight excluding hydrogens is 524 g/mol. The van der Waals surface area contributed by atoms with E-state index >= 15 is 0 Å². The van der Waals surface area contributed by atoms with Gasteiger partial charge in [-0.1, -0.05) is 17.7 Å². The van der Waals surface area contributed by atoms with Gasteiger partial charge in [-0.15, -0.1) is 0 Å². The van der Waals surface area contributed by atoms with Crippen LogP contribution in [0.5, 0.6) is 5.75 Å². The first-order valence-electron chi connectivity index (χ1n) is 12.2. The van der Waals surface area contributed by atoms with Crippen LogP contribution >= 0.6 is 11.6 Å². The number of likely N-dealkylation sites (N-methyl/N-ethyl adjacent to an activating group) is 1. The van der Waals surface area contributed by atoms with E-state index in [0.717, 1.165) is 28.9 Å². The molecule has 0 saturated carbocycles. The van der Waals surface area contributed by atoms with Gasteiger partial charge >= 0.3 is 0 Å². The number of fused-ring (bicyclic) bond motifs is 2. The Morgan fingerprint density at radius 1 is 1.05 bits per heavy atom. The third-order valence-electron chi connectivity index (χ3n) is 6.53. The topological polar surface area (TPSA) is 91.0 Å². The maximum absolute atomic E-state index is 13.2. The number of nitrogens with one attached hydrogen (secondary N) is 2. The molecule has 0 spiro atoms. The van der Waals surface area contributed by atoms with Gasteiger partial charge in [0.25, 0.3) is 5.91 Å². The lowest BCUT2D eigenvalue weighted by Gasteiger charge is -2.24. The Morgan fingerprint density at radius 2 is 1.82 bits per heavy atom.